The van der Waals surface area contributed by atoms with Crippen molar-refractivity contribution in [2.45, 2.75) is 75.1 Å². The van der Waals surface area contributed by atoms with Crippen molar-refractivity contribution in [2.75, 3.05) is 0 Å². The monoisotopic (exact) mass is 320 g/mol. The minimum Gasteiger partial charge on any atom is -0.422 e. The van der Waals surface area contributed by atoms with Gasteiger partial charge in [0.1, 0.15) is 0 Å². The minimum absolute atomic E-state index is 0.0729. The summed E-state index contributed by atoms with van der Waals surface area (Å²) in [6, 6.07) is 0. The molecule has 0 aromatic heterocycles. The fraction of sp³-hybridized carbons (Fsp3) is 0.857. The van der Waals surface area contributed by atoms with Crippen LogP contribution in [0, 0.1) is 0 Å². The van der Waals surface area contributed by atoms with Crippen LogP contribution in [-0.2, 0) is 19.1 Å². The first kappa shape index (κ1) is 17.7. The summed E-state index contributed by atoms with van der Waals surface area (Å²) in [5.74, 6) is -1.79. The summed E-state index contributed by atoms with van der Waals surface area (Å²) in [6.07, 6.45) is 4.44. The molecule has 1 aliphatic rings. The molecule has 0 spiro atoms. The van der Waals surface area contributed by atoms with Crippen LogP contribution in [0.3, 0.4) is 0 Å². The number of thiol groups is 2. The summed E-state index contributed by atoms with van der Waals surface area (Å²) in [6.45, 7) is 3.65. The molecule has 0 saturated heterocycles. The molecular weight excluding hydrogens is 296 g/mol. The summed E-state index contributed by atoms with van der Waals surface area (Å²) < 4.78 is 11.0. The molecular formula is C14H24O4S2. The van der Waals surface area contributed by atoms with E-state index in [1.807, 2.05) is 13.8 Å². The molecule has 1 rings (SSSR count). The van der Waals surface area contributed by atoms with E-state index >= 15 is 0 Å². The van der Waals surface area contributed by atoms with E-state index in [-0.39, 0.29) is 35.3 Å². The van der Waals surface area contributed by atoms with Gasteiger partial charge < -0.3 is 9.47 Å². The number of hydrogen-bond donors (Lipinski definition) is 2. The maximum Gasteiger partial charge on any atom is 0.310 e. The zero-order valence-electron chi connectivity index (χ0n) is 12.1. The summed E-state index contributed by atoms with van der Waals surface area (Å²) in [7, 11) is 0. The lowest BCUT2D eigenvalue weighted by Gasteiger charge is -2.36. The minimum atomic E-state index is -1.07. The maximum absolute atomic E-state index is 11.9. The fourth-order valence-electron chi connectivity index (χ4n) is 2.30. The first-order chi connectivity index (χ1) is 9.33. The molecule has 6 heteroatoms. The highest BCUT2D eigenvalue weighted by Crippen LogP contribution is 2.34. The van der Waals surface area contributed by atoms with Gasteiger partial charge in [-0.1, -0.05) is 20.3 Å². The topological polar surface area (TPSA) is 52.6 Å². The molecule has 1 fully saturated rings. The number of hydrogen-bond acceptors (Lipinski definition) is 6. The molecule has 0 heterocycles. The van der Waals surface area contributed by atoms with Crippen LogP contribution >= 0.6 is 25.3 Å². The zero-order chi connectivity index (χ0) is 15.2. The molecule has 0 aromatic rings. The normalized spacial score (nSPS) is 20.8. The van der Waals surface area contributed by atoms with Gasteiger partial charge in [0.05, 0.1) is 12.8 Å². The van der Waals surface area contributed by atoms with Crippen molar-refractivity contribution in [1.82, 2.24) is 0 Å². The second-order valence-corrected chi connectivity index (χ2v) is 7.29. The number of carbonyl (C=O) groups is 2. The van der Waals surface area contributed by atoms with Crippen molar-refractivity contribution in [2.24, 2.45) is 0 Å². The van der Waals surface area contributed by atoms with Crippen molar-refractivity contribution in [3.05, 3.63) is 0 Å². The average molecular weight is 320 g/mol. The van der Waals surface area contributed by atoms with Gasteiger partial charge in [-0.25, -0.2) is 0 Å². The van der Waals surface area contributed by atoms with E-state index in [4.69, 9.17) is 9.47 Å². The van der Waals surface area contributed by atoms with Crippen molar-refractivity contribution in [3.8, 4) is 0 Å². The number of esters is 2. The van der Waals surface area contributed by atoms with E-state index in [2.05, 4.69) is 25.3 Å². The molecule has 0 bridgehead atoms. The SMILES string of the molecule is CC(S)CC(=O)OC1(OC(=O)CC(C)S)CCCCC1. The average Bonchev–Trinajstić information content (AvgIpc) is 2.26. The second-order valence-electron chi connectivity index (χ2n) is 5.53. The lowest BCUT2D eigenvalue weighted by Crippen LogP contribution is -2.42. The van der Waals surface area contributed by atoms with Crippen LogP contribution in [0.2, 0.25) is 0 Å². The predicted molar refractivity (Wildman–Crippen MR) is 84.1 cm³/mol. The third-order valence-electron chi connectivity index (χ3n) is 3.14. The highest BCUT2D eigenvalue weighted by molar-refractivity contribution is 7.81. The van der Waals surface area contributed by atoms with Crippen LogP contribution in [0.25, 0.3) is 0 Å². The molecule has 116 valence electrons. The summed E-state index contributed by atoms with van der Waals surface area (Å²) in [5.41, 5.74) is 0. The van der Waals surface area contributed by atoms with Gasteiger partial charge >= 0.3 is 11.9 Å². The zero-order valence-corrected chi connectivity index (χ0v) is 13.9. The van der Waals surface area contributed by atoms with Gasteiger partial charge in [-0.2, -0.15) is 25.3 Å². The highest BCUT2D eigenvalue weighted by Gasteiger charge is 2.40. The van der Waals surface area contributed by atoms with Gasteiger partial charge in [0.2, 0.25) is 0 Å². The van der Waals surface area contributed by atoms with Crippen LogP contribution in [0.15, 0.2) is 0 Å². The third-order valence-corrected chi connectivity index (χ3v) is 3.50. The molecule has 1 saturated carbocycles. The lowest BCUT2D eigenvalue weighted by atomic mass is 9.94. The molecule has 0 radical (unpaired) electrons. The Morgan fingerprint density at radius 1 is 0.950 bits per heavy atom. The van der Waals surface area contributed by atoms with E-state index in [0.717, 1.165) is 19.3 Å². The maximum atomic E-state index is 11.9. The van der Waals surface area contributed by atoms with Gasteiger partial charge in [0.15, 0.2) is 0 Å². The Kier molecular flexibility index (Phi) is 7.23. The van der Waals surface area contributed by atoms with Gasteiger partial charge in [0, 0.05) is 23.3 Å². The van der Waals surface area contributed by atoms with Crippen LogP contribution < -0.4 is 0 Å². The molecule has 0 N–H and O–H groups in total. The molecule has 0 aromatic carbocycles. The largest absolute Gasteiger partial charge is 0.422 e. The summed E-state index contributed by atoms with van der Waals surface area (Å²) in [4.78, 5) is 23.7. The van der Waals surface area contributed by atoms with Crippen molar-refractivity contribution >= 4 is 37.2 Å². The van der Waals surface area contributed by atoms with E-state index < -0.39 is 5.79 Å². The Hall–Kier alpha value is -0.360. The Labute approximate surface area is 131 Å². The highest BCUT2D eigenvalue weighted by atomic mass is 32.1. The molecule has 4 nitrogen and oxygen atoms in total. The summed E-state index contributed by atoms with van der Waals surface area (Å²) in [5, 5.41) is -0.146. The predicted octanol–water partition coefficient (Wildman–Crippen LogP) is 3.15. The lowest BCUT2D eigenvalue weighted by molar-refractivity contribution is -0.238. The van der Waals surface area contributed by atoms with Gasteiger partial charge in [0.25, 0.3) is 5.79 Å². The first-order valence-corrected chi connectivity index (χ1v) is 8.16. The van der Waals surface area contributed by atoms with Crippen LogP contribution in [0.4, 0.5) is 0 Å². The number of ether oxygens (including phenoxy) is 2. The van der Waals surface area contributed by atoms with Crippen LogP contribution in [-0.4, -0.2) is 28.2 Å². The molecule has 2 unspecified atom stereocenters. The van der Waals surface area contributed by atoms with Gasteiger partial charge in [-0.15, -0.1) is 0 Å². The molecule has 1 aliphatic carbocycles. The second kappa shape index (κ2) is 8.17. The molecule has 0 amide bonds. The smallest absolute Gasteiger partial charge is 0.310 e. The first-order valence-electron chi connectivity index (χ1n) is 7.13. The Morgan fingerprint density at radius 2 is 1.35 bits per heavy atom. The Bertz CT molecular complexity index is 310. The van der Waals surface area contributed by atoms with E-state index in [1.165, 1.54) is 0 Å². The van der Waals surface area contributed by atoms with Crippen molar-refractivity contribution < 1.29 is 19.1 Å². The Balaban J connectivity index is 2.66. The number of rotatable bonds is 6. The van der Waals surface area contributed by atoms with Crippen molar-refractivity contribution in [1.29, 1.82) is 0 Å². The van der Waals surface area contributed by atoms with Gasteiger partial charge in [-0.05, 0) is 12.8 Å². The molecule has 0 aliphatic heterocycles. The van der Waals surface area contributed by atoms with E-state index in [1.54, 1.807) is 0 Å². The Morgan fingerprint density at radius 3 is 1.70 bits per heavy atom. The number of carbonyl (C=O) groups excluding carboxylic acids is 2. The summed E-state index contributed by atoms with van der Waals surface area (Å²) >= 11 is 8.36. The van der Waals surface area contributed by atoms with E-state index in [9.17, 15) is 9.59 Å². The molecule has 20 heavy (non-hydrogen) atoms. The fourth-order valence-corrected chi connectivity index (χ4v) is 2.59. The quantitative estimate of drug-likeness (QED) is 0.448. The third kappa shape index (κ3) is 6.39. The van der Waals surface area contributed by atoms with Crippen LogP contribution in [0.1, 0.15) is 58.8 Å². The van der Waals surface area contributed by atoms with E-state index in [0.29, 0.717) is 12.8 Å². The standard InChI is InChI=1S/C14H24O4S2/c1-10(19)8-12(15)17-14(6-4-3-5-7-14)18-13(16)9-11(2)20/h10-11,19-20H,3-9H2,1-2H3. The van der Waals surface area contributed by atoms with Gasteiger partial charge in [-0.3, -0.25) is 9.59 Å². The molecule has 2 atom stereocenters. The van der Waals surface area contributed by atoms with Crippen molar-refractivity contribution in [3.63, 3.8) is 0 Å². The van der Waals surface area contributed by atoms with Crippen LogP contribution in [0.5, 0.6) is 0 Å².